The Morgan fingerprint density at radius 3 is 2.53 bits per heavy atom. The normalized spacial score (nSPS) is 19.0. The molecule has 1 fully saturated rings. The van der Waals surface area contributed by atoms with Crippen LogP contribution in [0, 0.1) is 19.3 Å². The molecule has 1 saturated heterocycles. The van der Waals surface area contributed by atoms with E-state index in [1.54, 1.807) is 13.8 Å². The minimum Gasteiger partial charge on any atom is -0.380 e. The van der Waals surface area contributed by atoms with Gasteiger partial charge in [0.1, 0.15) is 0 Å². The standard InChI is InChI=1S/C10H16N2O3S2/c1-7-9(16-8(2)12-7)17(13,14)11-4-10(3)5-15-6-10/h11H,4-6H2,1-3H3. The molecule has 0 atom stereocenters. The summed E-state index contributed by atoms with van der Waals surface area (Å²) >= 11 is 1.20. The monoisotopic (exact) mass is 276 g/mol. The summed E-state index contributed by atoms with van der Waals surface area (Å²) in [6.45, 7) is 7.14. The predicted molar refractivity (Wildman–Crippen MR) is 65.7 cm³/mol. The van der Waals surface area contributed by atoms with E-state index in [4.69, 9.17) is 4.74 Å². The zero-order valence-electron chi connectivity index (χ0n) is 10.1. The van der Waals surface area contributed by atoms with E-state index in [1.165, 1.54) is 11.3 Å². The fraction of sp³-hybridized carbons (Fsp3) is 0.700. The van der Waals surface area contributed by atoms with Crippen LogP contribution in [0.25, 0.3) is 0 Å². The van der Waals surface area contributed by atoms with Gasteiger partial charge in [0, 0.05) is 12.0 Å². The van der Waals surface area contributed by atoms with Crippen molar-refractivity contribution in [3.63, 3.8) is 0 Å². The van der Waals surface area contributed by atoms with E-state index in [1.807, 2.05) is 6.92 Å². The minimum atomic E-state index is -3.43. The molecule has 2 heterocycles. The molecule has 0 bridgehead atoms. The number of nitrogens with one attached hydrogen (secondary N) is 1. The lowest BCUT2D eigenvalue weighted by Gasteiger charge is -2.37. The molecule has 1 aliphatic rings. The van der Waals surface area contributed by atoms with Crippen molar-refractivity contribution in [3.8, 4) is 0 Å². The number of rotatable bonds is 4. The topological polar surface area (TPSA) is 68.3 Å². The van der Waals surface area contributed by atoms with Gasteiger partial charge in [-0.15, -0.1) is 11.3 Å². The van der Waals surface area contributed by atoms with Gasteiger partial charge in [0.05, 0.1) is 23.9 Å². The van der Waals surface area contributed by atoms with E-state index in [-0.39, 0.29) is 5.41 Å². The maximum atomic E-state index is 12.1. The number of thiazole rings is 1. The number of hydrogen-bond donors (Lipinski definition) is 1. The van der Waals surface area contributed by atoms with E-state index in [2.05, 4.69) is 9.71 Å². The van der Waals surface area contributed by atoms with Crippen LogP contribution >= 0.6 is 11.3 Å². The number of nitrogens with zero attached hydrogens (tertiary/aromatic N) is 1. The van der Waals surface area contributed by atoms with Crippen LogP contribution in [-0.4, -0.2) is 33.2 Å². The van der Waals surface area contributed by atoms with E-state index < -0.39 is 10.0 Å². The Morgan fingerprint density at radius 2 is 2.12 bits per heavy atom. The summed E-state index contributed by atoms with van der Waals surface area (Å²) in [5.41, 5.74) is 0.496. The van der Waals surface area contributed by atoms with Gasteiger partial charge in [0.25, 0.3) is 10.0 Å². The summed E-state index contributed by atoms with van der Waals surface area (Å²) in [6.07, 6.45) is 0. The van der Waals surface area contributed by atoms with E-state index in [0.717, 1.165) is 5.01 Å². The fourth-order valence-electron chi connectivity index (χ4n) is 1.65. The lowest BCUT2D eigenvalue weighted by atomic mass is 9.89. The third-order valence-electron chi connectivity index (χ3n) is 2.70. The highest BCUT2D eigenvalue weighted by atomic mass is 32.2. The van der Waals surface area contributed by atoms with Crippen LogP contribution in [0.3, 0.4) is 0 Å². The van der Waals surface area contributed by atoms with Gasteiger partial charge in [-0.1, -0.05) is 6.92 Å². The van der Waals surface area contributed by atoms with Gasteiger partial charge in [-0.25, -0.2) is 18.1 Å². The SMILES string of the molecule is Cc1nc(C)c(S(=O)(=O)NCC2(C)COC2)s1. The first-order chi connectivity index (χ1) is 7.82. The van der Waals surface area contributed by atoms with Crippen molar-refractivity contribution in [3.05, 3.63) is 10.7 Å². The molecule has 17 heavy (non-hydrogen) atoms. The molecular weight excluding hydrogens is 260 g/mol. The van der Waals surface area contributed by atoms with Gasteiger partial charge in [0.15, 0.2) is 4.21 Å². The zero-order chi connectivity index (χ0) is 12.7. The number of aromatic nitrogens is 1. The molecular formula is C10H16N2O3S2. The summed E-state index contributed by atoms with van der Waals surface area (Å²) in [6, 6.07) is 0. The number of hydrogen-bond acceptors (Lipinski definition) is 5. The summed E-state index contributed by atoms with van der Waals surface area (Å²) in [4.78, 5) is 4.13. The molecule has 0 aromatic carbocycles. The van der Waals surface area contributed by atoms with E-state index in [0.29, 0.717) is 29.7 Å². The van der Waals surface area contributed by atoms with Crippen molar-refractivity contribution < 1.29 is 13.2 Å². The van der Waals surface area contributed by atoms with Crippen LogP contribution in [0.1, 0.15) is 17.6 Å². The number of aryl methyl sites for hydroxylation is 2. The van der Waals surface area contributed by atoms with Crippen molar-refractivity contribution in [2.24, 2.45) is 5.41 Å². The summed E-state index contributed by atoms with van der Waals surface area (Å²) in [5.74, 6) is 0. The van der Waals surface area contributed by atoms with Crippen molar-refractivity contribution in [2.45, 2.75) is 25.0 Å². The molecule has 0 spiro atoms. The van der Waals surface area contributed by atoms with Gasteiger partial charge in [-0.05, 0) is 13.8 Å². The van der Waals surface area contributed by atoms with Gasteiger partial charge in [-0.2, -0.15) is 0 Å². The number of ether oxygens (including phenoxy) is 1. The average molecular weight is 276 g/mol. The third kappa shape index (κ3) is 2.67. The van der Waals surface area contributed by atoms with Gasteiger partial charge in [-0.3, -0.25) is 0 Å². The molecule has 1 aliphatic heterocycles. The molecule has 0 saturated carbocycles. The second kappa shape index (κ2) is 4.31. The Morgan fingerprint density at radius 1 is 1.47 bits per heavy atom. The van der Waals surface area contributed by atoms with Crippen LogP contribution in [0.2, 0.25) is 0 Å². The van der Waals surface area contributed by atoms with Crippen LogP contribution in [0.4, 0.5) is 0 Å². The van der Waals surface area contributed by atoms with E-state index in [9.17, 15) is 8.42 Å². The average Bonchev–Trinajstić information content (AvgIpc) is 2.53. The lowest BCUT2D eigenvalue weighted by Crippen LogP contribution is -2.48. The highest BCUT2D eigenvalue weighted by Crippen LogP contribution is 2.27. The molecule has 1 N–H and O–H groups in total. The van der Waals surface area contributed by atoms with Crippen LogP contribution in [0.5, 0.6) is 0 Å². The van der Waals surface area contributed by atoms with Gasteiger partial charge in [0.2, 0.25) is 0 Å². The second-order valence-corrected chi connectivity index (χ2v) is 7.90. The Kier molecular flexibility index (Phi) is 3.28. The molecule has 0 radical (unpaired) electrons. The molecule has 7 heteroatoms. The quantitative estimate of drug-likeness (QED) is 0.893. The first-order valence-corrected chi connectivity index (χ1v) is 7.64. The smallest absolute Gasteiger partial charge is 0.251 e. The first kappa shape index (κ1) is 12.9. The molecule has 5 nitrogen and oxygen atoms in total. The van der Waals surface area contributed by atoms with E-state index >= 15 is 0 Å². The van der Waals surface area contributed by atoms with Crippen molar-refractivity contribution in [2.75, 3.05) is 19.8 Å². The molecule has 1 aromatic rings. The Labute approximate surface area is 105 Å². The minimum absolute atomic E-state index is 0.0687. The maximum absolute atomic E-state index is 12.1. The first-order valence-electron chi connectivity index (χ1n) is 5.34. The van der Waals surface area contributed by atoms with Crippen molar-refractivity contribution in [1.29, 1.82) is 0 Å². The summed E-state index contributed by atoms with van der Waals surface area (Å²) in [5, 5.41) is 0.765. The molecule has 0 aliphatic carbocycles. The highest BCUT2D eigenvalue weighted by molar-refractivity contribution is 7.91. The van der Waals surface area contributed by atoms with Crippen molar-refractivity contribution >= 4 is 21.4 Å². The molecule has 2 rings (SSSR count). The maximum Gasteiger partial charge on any atom is 0.251 e. The number of sulfonamides is 1. The molecule has 1 aromatic heterocycles. The summed E-state index contributed by atoms with van der Waals surface area (Å²) in [7, 11) is -3.43. The fourth-order valence-corrected chi connectivity index (χ4v) is 4.38. The Balaban J connectivity index is 2.11. The zero-order valence-corrected chi connectivity index (χ0v) is 11.7. The van der Waals surface area contributed by atoms with Crippen molar-refractivity contribution in [1.82, 2.24) is 9.71 Å². The van der Waals surface area contributed by atoms with Gasteiger partial charge < -0.3 is 4.74 Å². The molecule has 0 unspecified atom stereocenters. The van der Waals surface area contributed by atoms with Gasteiger partial charge >= 0.3 is 0 Å². The predicted octanol–water partition coefficient (Wildman–Crippen LogP) is 1.07. The highest BCUT2D eigenvalue weighted by Gasteiger charge is 2.35. The van der Waals surface area contributed by atoms with Crippen LogP contribution in [0.15, 0.2) is 4.21 Å². The Bertz CT molecular complexity index is 518. The largest absolute Gasteiger partial charge is 0.380 e. The molecule has 0 amide bonds. The molecule has 96 valence electrons. The van der Waals surface area contributed by atoms with Crippen LogP contribution in [-0.2, 0) is 14.8 Å². The Hall–Kier alpha value is -0.500. The third-order valence-corrected chi connectivity index (χ3v) is 5.78. The lowest BCUT2D eigenvalue weighted by molar-refractivity contribution is -0.0965. The second-order valence-electron chi connectivity index (χ2n) is 4.73. The van der Waals surface area contributed by atoms with Crippen LogP contribution < -0.4 is 4.72 Å². The summed E-state index contributed by atoms with van der Waals surface area (Å²) < 4.78 is 32.2.